The molecule has 0 aliphatic rings. The molecule has 2 aromatic rings. The summed E-state index contributed by atoms with van der Waals surface area (Å²) >= 11 is 1.41. The average Bonchev–Trinajstić information content (AvgIpc) is 2.82. The van der Waals surface area contributed by atoms with Crippen LogP contribution in [0.5, 0.6) is 0 Å². The number of hydrogen-bond acceptors (Lipinski definition) is 5. The maximum atomic E-state index is 5.57. The fourth-order valence-corrected chi connectivity index (χ4v) is 2.50. The van der Waals surface area contributed by atoms with Crippen molar-refractivity contribution in [2.24, 2.45) is 0 Å². The molecule has 4 nitrogen and oxygen atoms in total. The van der Waals surface area contributed by atoms with E-state index in [4.69, 9.17) is 5.73 Å². The number of nitrogen functional groups attached to an aromatic ring is 1. The fraction of sp³-hybridized carbons (Fsp3) is 0.357. The predicted molar refractivity (Wildman–Crippen MR) is 82.4 cm³/mol. The Balaban J connectivity index is 1.63. The summed E-state index contributed by atoms with van der Waals surface area (Å²) in [6.07, 6.45) is 1.10. The molecule has 0 aliphatic heterocycles. The maximum Gasteiger partial charge on any atom is 0.139 e. The van der Waals surface area contributed by atoms with E-state index < -0.39 is 0 Å². The second-order valence-corrected chi connectivity index (χ2v) is 5.42. The molecule has 1 heterocycles. The lowest BCUT2D eigenvalue weighted by molar-refractivity contribution is 0.325. The Morgan fingerprint density at radius 2 is 2.11 bits per heavy atom. The van der Waals surface area contributed by atoms with Crippen molar-refractivity contribution in [3.63, 3.8) is 0 Å². The fourth-order valence-electron chi connectivity index (χ4n) is 1.91. The Morgan fingerprint density at radius 1 is 1.32 bits per heavy atom. The summed E-state index contributed by atoms with van der Waals surface area (Å²) in [6, 6.07) is 12.4. The highest BCUT2D eigenvalue weighted by atomic mass is 32.1. The molecule has 0 fully saturated rings. The van der Waals surface area contributed by atoms with Gasteiger partial charge in [-0.15, -0.1) is 0 Å². The van der Waals surface area contributed by atoms with Crippen LogP contribution >= 0.6 is 11.5 Å². The lowest BCUT2D eigenvalue weighted by Crippen LogP contribution is -2.21. The van der Waals surface area contributed by atoms with Crippen molar-refractivity contribution in [1.29, 1.82) is 0 Å². The Bertz CT molecular complexity index is 483. The zero-order valence-corrected chi connectivity index (χ0v) is 12.0. The van der Waals surface area contributed by atoms with Crippen molar-refractivity contribution in [1.82, 2.24) is 9.27 Å². The van der Waals surface area contributed by atoms with Crippen LogP contribution in [0.4, 0.5) is 10.8 Å². The summed E-state index contributed by atoms with van der Waals surface area (Å²) in [4.78, 5) is 2.33. The summed E-state index contributed by atoms with van der Waals surface area (Å²) in [7, 11) is 2.15. The van der Waals surface area contributed by atoms with E-state index >= 15 is 0 Å². The third-order valence-electron chi connectivity index (χ3n) is 2.84. The predicted octanol–water partition coefficient (Wildman–Crippen LogP) is 2.66. The van der Waals surface area contributed by atoms with Crippen LogP contribution < -0.4 is 11.1 Å². The van der Waals surface area contributed by atoms with Gasteiger partial charge in [-0.1, -0.05) is 30.3 Å². The van der Waals surface area contributed by atoms with Gasteiger partial charge >= 0.3 is 0 Å². The van der Waals surface area contributed by atoms with Crippen molar-refractivity contribution >= 4 is 22.4 Å². The van der Waals surface area contributed by atoms with Crippen LogP contribution in [0.3, 0.4) is 0 Å². The first-order chi connectivity index (χ1) is 9.24. The number of nitrogens with two attached hydrogens (primary N) is 1. The molecule has 0 aliphatic carbocycles. The van der Waals surface area contributed by atoms with Gasteiger partial charge in [0.1, 0.15) is 10.8 Å². The minimum Gasteiger partial charge on any atom is -0.383 e. The molecule has 0 saturated carbocycles. The van der Waals surface area contributed by atoms with Gasteiger partial charge in [0.25, 0.3) is 0 Å². The highest BCUT2D eigenvalue weighted by molar-refractivity contribution is 7.10. The first-order valence-electron chi connectivity index (χ1n) is 6.42. The molecule has 0 bridgehead atoms. The summed E-state index contributed by atoms with van der Waals surface area (Å²) in [5.74, 6) is 0.591. The molecule has 0 spiro atoms. The summed E-state index contributed by atoms with van der Waals surface area (Å²) in [5, 5.41) is 4.38. The summed E-state index contributed by atoms with van der Waals surface area (Å²) in [6.45, 7) is 3.01. The number of aromatic nitrogens is 1. The van der Waals surface area contributed by atoms with Crippen molar-refractivity contribution in [2.45, 2.75) is 13.0 Å². The second-order valence-electron chi connectivity index (χ2n) is 4.62. The van der Waals surface area contributed by atoms with Gasteiger partial charge in [-0.3, -0.25) is 0 Å². The molecule has 1 aromatic carbocycles. The highest BCUT2D eigenvalue weighted by Gasteiger charge is 2.01. The Hall–Kier alpha value is -1.59. The highest BCUT2D eigenvalue weighted by Crippen LogP contribution is 2.17. The van der Waals surface area contributed by atoms with Gasteiger partial charge in [0.15, 0.2) is 0 Å². The molecule has 0 unspecified atom stereocenters. The normalized spacial score (nSPS) is 10.8. The minimum atomic E-state index is 0.591. The van der Waals surface area contributed by atoms with E-state index in [1.165, 1.54) is 17.1 Å². The van der Waals surface area contributed by atoms with Crippen LogP contribution in [0.25, 0.3) is 0 Å². The van der Waals surface area contributed by atoms with E-state index in [2.05, 4.69) is 45.9 Å². The van der Waals surface area contributed by atoms with E-state index in [0.717, 1.165) is 31.1 Å². The number of benzene rings is 1. The smallest absolute Gasteiger partial charge is 0.139 e. The van der Waals surface area contributed by atoms with Gasteiger partial charge in [-0.2, -0.15) is 4.37 Å². The van der Waals surface area contributed by atoms with E-state index in [-0.39, 0.29) is 0 Å². The van der Waals surface area contributed by atoms with Crippen LogP contribution in [0.1, 0.15) is 12.0 Å². The molecule has 0 saturated heterocycles. The number of nitrogens with one attached hydrogen (secondary N) is 1. The lowest BCUT2D eigenvalue weighted by atomic mass is 10.2. The number of rotatable bonds is 7. The number of anilines is 2. The number of nitrogens with zero attached hydrogens (tertiary/aromatic N) is 2. The van der Waals surface area contributed by atoms with Gasteiger partial charge < -0.3 is 16.0 Å². The van der Waals surface area contributed by atoms with Crippen molar-refractivity contribution in [2.75, 3.05) is 31.2 Å². The van der Waals surface area contributed by atoms with Gasteiger partial charge in [-0.25, -0.2) is 0 Å². The van der Waals surface area contributed by atoms with E-state index in [9.17, 15) is 0 Å². The molecule has 5 heteroatoms. The third kappa shape index (κ3) is 4.89. The SMILES string of the molecule is CN(CCCNc1cc(N)ns1)Cc1ccccc1. The molecular weight excluding hydrogens is 256 g/mol. The molecule has 0 atom stereocenters. The zero-order valence-electron chi connectivity index (χ0n) is 11.2. The van der Waals surface area contributed by atoms with Gasteiger partial charge in [0.2, 0.25) is 0 Å². The molecule has 1 aromatic heterocycles. The first kappa shape index (κ1) is 13.8. The maximum absolute atomic E-state index is 5.57. The van der Waals surface area contributed by atoms with E-state index in [0.29, 0.717) is 5.82 Å². The van der Waals surface area contributed by atoms with Gasteiger partial charge in [0.05, 0.1) is 0 Å². The third-order valence-corrected chi connectivity index (χ3v) is 3.60. The largest absolute Gasteiger partial charge is 0.383 e. The number of hydrogen-bond donors (Lipinski definition) is 2. The Morgan fingerprint density at radius 3 is 2.79 bits per heavy atom. The van der Waals surface area contributed by atoms with Crippen LogP contribution in [0, 0.1) is 0 Å². The summed E-state index contributed by atoms with van der Waals surface area (Å²) in [5.41, 5.74) is 6.92. The van der Waals surface area contributed by atoms with Crippen molar-refractivity contribution in [3.8, 4) is 0 Å². The van der Waals surface area contributed by atoms with Crippen LogP contribution in [-0.2, 0) is 6.54 Å². The Labute approximate surface area is 118 Å². The second kappa shape index (κ2) is 7.11. The minimum absolute atomic E-state index is 0.591. The first-order valence-corrected chi connectivity index (χ1v) is 7.20. The van der Waals surface area contributed by atoms with Crippen LogP contribution in [0.15, 0.2) is 36.4 Å². The van der Waals surface area contributed by atoms with Crippen molar-refractivity contribution in [3.05, 3.63) is 42.0 Å². The van der Waals surface area contributed by atoms with E-state index in [1.54, 1.807) is 0 Å². The van der Waals surface area contributed by atoms with E-state index in [1.807, 2.05) is 12.1 Å². The zero-order chi connectivity index (χ0) is 13.5. The quantitative estimate of drug-likeness (QED) is 0.763. The van der Waals surface area contributed by atoms with Crippen LogP contribution in [-0.4, -0.2) is 29.4 Å². The van der Waals surface area contributed by atoms with Crippen molar-refractivity contribution < 1.29 is 0 Å². The molecular formula is C14H20N4S. The molecule has 3 N–H and O–H groups in total. The van der Waals surface area contributed by atoms with Crippen LogP contribution in [0.2, 0.25) is 0 Å². The molecule has 102 valence electrons. The summed E-state index contributed by atoms with van der Waals surface area (Å²) < 4.78 is 4.03. The average molecular weight is 276 g/mol. The topological polar surface area (TPSA) is 54.2 Å². The molecule has 2 rings (SSSR count). The monoisotopic (exact) mass is 276 g/mol. The molecule has 19 heavy (non-hydrogen) atoms. The van der Waals surface area contributed by atoms with Gasteiger partial charge in [-0.05, 0) is 37.1 Å². The van der Waals surface area contributed by atoms with Gasteiger partial charge in [0, 0.05) is 19.2 Å². The molecule has 0 radical (unpaired) electrons. The lowest BCUT2D eigenvalue weighted by Gasteiger charge is -2.16. The molecule has 0 amide bonds. The standard InChI is InChI=1S/C14H20N4S/c1-18(11-12-6-3-2-4-7-12)9-5-8-16-14-10-13(15)17-19-14/h2-4,6-7,10,16H,5,8-9,11H2,1H3,(H2,15,17). The Kier molecular flexibility index (Phi) is 5.18.